The number of aromatic nitrogens is 1. The van der Waals surface area contributed by atoms with Crippen LogP contribution >= 0.6 is 11.3 Å². The molecule has 31 heavy (non-hydrogen) atoms. The number of hydrogen-bond donors (Lipinski definition) is 1. The molecule has 0 spiro atoms. The largest absolute Gasteiger partial charge is 1.00 e. The first kappa shape index (κ1) is 27.0. The van der Waals surface area contributed by atoms with Gasteiger partial charge in [0.1, 0.15) is 18.4 Å². The highest BCUT2D eigenvalue weighted by Crippen LogP contribution is 2.21. The van der Waals surface area contributed by atoms with Gasteiger partial charge in [-0.25, -0.2) is 4.57 Å². The third kappa shape index (κ3) is 8.95. The number of anilines is 1. The zero-order valence-corrected chi connectivity index (χ0v) is 20.8. The minimum absolute atomic E-state index is 0. The summed E-state index contributed by atoms with van der Waals surface area (Å²) in [5.41, 5.74) is 3.36. The molecule has 0 bridgehead atoms. The van der Waals surface area contributed by atoms with Crippen molar-refractivity contribution in [2.75, 3.05) is 26.0 Å². The van der Waals surface area contributed by atoms with Crippen LogP contribution in [0.25, 0.3) is 0 Å². The second-order valence-corrected chi connectivity index (χ2v) is 9.05. The number of azo groups is 1. The molecule has 1 atom stereocenters. The van der Waals surface area contributed by atoms with Crippen molar-refractivity contribution in [2.24, 2.45) is 17.3 Å². The van der Waals surface area contributed by atoms with E-state index in [-0.39, 0.29) is 24.8 Å². The van der Waals surface area contributed by atoms with Crippen LogP contribution in [0, 0.1) is 0 Å². The second kappa shape index (κ2) is 12.8. The van der Waals surface area contributed by atoms with Crippen molar-refractivity contribution in [3.63, 3.8) is 0 Å². The van der Waals surface area contributed by atoms with Crippen molar-refractivity contribution in [3.8, 4) is 0 Å². The van der Waals surface area contributed by atoms with Gasteiger partial charge >= 0.3 is 5.13 Å². The van der Waals surface area contributed by atoms with Crippen LogP contribution < -0.4 is 34.7 Å². The Labute approximate surface area is 202 Å². The van der Waals surface area contributed by atoms with Gasteiger partial charge in [0.05, 0.1) is 32.8 Å². The van der Waals surface area contributed by atoms with E-state index < -0.39 is 0 Å². The monoisotopic (exact) mass is 479 g/mol. The van der Waals surface area contributed by atoms with E-state index in [0.29, 0.717) is 6.04 Å². The Bertz CT molecular complexity index is 927. The maximum atomic E-state index is 4.32. The van der Waals surface area contributed by atoms with E-state index in [1.165, 1.54) is 5.56 Å². The highest BCUT2D eigenvalue weighted by molar-refractivity contribution is 7.12. The molecule has 1 unspecified atom stereocenters. The fraction of sp³-hybridized carbons (Fsp3) is 0.348. The fourth-order valence-corrected chi connectivity index (χ4v) is 3.89. The molecule has 3 rings (SSSR count). The van der Waals surface area contributed by atoms with E-state index in [0.717, 1.165) is 40.5 Å². The Morgan fingerprint density at radius 3 is 2.29 bits per heavy atom. The molecule has 1 heterocycles. The summed E-state index contributed by atoms with van der Waals surface area (Å²) in [7, 11) is 6.57. The smallest absolute Gasteiger partial charge is 0.408 e. The number of quaternary nitrogens is 1. The van der Waals surface area contributed by atoms with E-state index >= 15 is 0 Å². The molecule has 3 aromatic rings. The van der Waals surface area contributed by atoms with E-state index in [4.69, 9.17) is 0 Å². The molecule has 0 saturated heterocycles. The van der Waals surface area contributed by atoms with Gasteiger partial charge in [-0.05, 0) is 47.6 Å². The predicted molar refractivity (Wildman–Crippen MR) is 121 cm³/mol. The van der Waals surface area contributed by atoms with Crippen molar-refractivity contribution >= 4 is 27.8 Å². The van der Waals surface area contributed by atoms with Crippen molar-refractivity contribution in [1.82, 2.24) is 0 Å². The lowest BCUT2D eigenvalue weighted by atomic mass is 10.1. The lowest BCUT2D eigenvalue weighted by Crippen LogP contribution is -3.00. The second-order valence-electron chi connectivity index (χ2n) is 8.18. The summed E-state index contributed by atoms with van der Waals surface area (Å²) in [6, 6.07) is 19.3. The van der Waals surface area contributed by atoms with Crippen molar-refractivity contribution < 1.29 is 33.9 Å². The number of aryl methyl sites for hydroxylation is 1. The fourth-order valence-electron chi connectivity index (χ4n) is 3.20. The van der Waals surface area contributed by atoms with Crippen LogP contribution in [0.3, 0.4) is 0 Å². The average Bonchev–Trinajstić information content (AvgIpc) is 3.11. The van der Waals surface area contributed by atoms with Gasteiger partial charge in [0.15, 0.2) is 0 Å². The standard InChI is InChI=1S/C23H30N5S.2ClH/c1-19(14-16-28(3,4)18-20-8-6-5-7-9-20)24-21-10-12-22(13-11-21)25-26-23-27(2)15-17-29-23;;/h5-13,15,17,19H,14,16,18H2,1-4H3;2*1H/q+1;;/p-1. The van der Waals surface area contributed by atoms with Gasteiger partial charge in [0.2, 0.25) is 0 Å². The normalized spacial score (nSPS) is 12.1. The molecule has 8 heteroatoms. The molecule has 0 saturated carbocycles. The summed E-state index contributed by atoms with van der Waals surface area (Å²) in [5.74, 6) is 0. The minimum atomic E-state index is 0. The van der Waals surface area contributed by atoms with Crippen molar-refractivity contribution in [1.29, 1.82) is 0 Å². The van der Waals surface area contributed by atoms with Gasteiger partial charge in [-0.1, -0.05) is 30.3 Å². The summed E-state index contributed by atoms with van der Waals surface area (Å²) in [5, 5.41) is 15.1. The van der Waals surface area contributed by atoms with Crippen LogP contribution in [-0.2, 0) is 13.6 Å². The molecule has 0 aliphatic heterocycles. The maximum Gasteiger partial charge on any atom is 0.408 e. The number of hydrogen-bond acceptors (Lipinski definition) is 4. The molecule has 0 amide bonds. The third-order valence-corrected chi connectivity index (χ3v) is 5.75. The Morgan fingerprint density at radius 2 is 1.68 bits per heavy atom. The number of nitrogens with zero attached hydrogens (tertiary/aromatic N) is 4. The van der Waals surface area contributed by atoms with Crippen LogP contribution in [0.5, 0.6) is 0 Å². The van der Waals surface area contributed by atoms with Gasteiger partial charge in [-0.3, -0.25) is 0 Å². The quantitative estimate of drug-likeness (QED) is 0.250. The number of thiazole rings is 1. The molecule has 0 aliphatic carbocycles. The van der Waals surface area contributed by atoms with E-state index in [2.05, 4.69) is 79.0 Å². The summed E-state index contributed by atoms with van der Waals surface area (Å²) in [6.45, 7) is 4.41. The molecule has 0 fully saturated rings. The van der Waals surface area contributed by atoms with Crippen LogP contribution in [0.4, 0.5) is 16.5 Å². The Kier molecular flexibility index (Phi) is 11.1. The van der Waals surface area contributed by atoms with E-state index in [1.807, 2.05) is 35.3 Å². The molecule has 0 aliphatic rings. The number of rotatable bonds is 9. The van der Waals surface area contributed by atoms with Gasteiger partial charge in [-0.15, -0.1) is 0 Å². The lowest BCUT2D eigenvalue weighted by molar-refractivity contribution is -0.903. The van der Waals surface area contributed by atoms with Crippen molar-refractivity contribution in [3.05, 3.63) is 71.7 Å². The Morgan fingerprint density at radius 1 is 1.00 bits per heavy atom. The minimum Gasteiger partial charge on any atom is -1.00 e. The zero-order valence-electron chi connectivity index (χ0n) is 18.5. The molecule has 2 aromatic carbocycles. The van der Waals surface area contributed by atoms with Gasteiger partial charge < -0.3 is 34.6 Å². The molecule has 1 N–H and O–H groups in total. The molecule has 1 aromatic heterocycles. The van der Waals surface area contributed by atoms with E-state index in [9.17, 15) is 0 Å². The predicted octanol–water partition coefficient (Wildman–Crippen LogP) is -0.537. The van der Waals surface area contributed by atoms with Crippen LogP contribution in [-0.4, -0.2) is 31.2 Å². The number of benzene rings is 2. The van der Waals surface area contributed by atoms with Crippen LogP contribution in [0.1, 0.15) is 18.9 Å². The molecule has 5 nitrogen and oxygen atoms in total. The SMILES string of the molecule is CC(CC[N+](C)(C)Cc1ccccc1)Nc1ccc(N=Nc2scc[n+]2C)cc1.[Cl-].[Cl-]. The van der Waals surface area contributed by atoms with Gasteiger partial charge in [-0.2, -0.15) is 0 Å². The first-order chi connectivity index (χ1) is 13.9. The number of halogens is 2. The summed E-state index contributed by atoms with van der Waals surface area (Å²) in [4.78, 5) is 0. The van der Waals surface area contributed by atoms with Crippen LogP contribution in [0.15, 0.2) is 76.4 Å². The Balaban J connectivity index is 0.00000240. The zero-order chi connectivity index (χ0) is 20.7. The van der Waals surface area contributed by atoms with Gasteiger partial charge in [0.25, 0.3) is 0 Å². The summed E-state index contributed by atoms with van der Waals surface area (Å²) in [6.07, 6.45) is 3.09. The number of nitrogens with one attached hydrogen (secondary N) is 1. The molecule has 0 radical (unpaired) electrons. The topological polar surface area (TPSA) is 40.6 Å². The van der Waals surface area contributed by atoms with E-state index in [1.54, 1.807) is 11.3 Å². The Hall–Kier alpha value is -1.99. The first-order valence-corrected chi connectivity index (χ1v) is 10.9. The molecular formula is C23H31Cl2N5S. The summed E-state index contributed by atoms with van der Waals surface area (Å²) < 4.78 is 2.94. The van der Waals surface area contributed by atoms with Crippen molar-refractivity contribution in [2.45, 2.75) is 25.9 Å². The summed E-state index contributed by atoms with van der Waals surface area (Å²) >= 11 is 1.58. The highest BCUT2D eigenvalue weighted by Gasteiger charge is 2.17. The lowest BCUT2D eigenvalue weighted by Gasteiger charge is -2.31. The van der Waals surface area contributed by atoms with Gasteiger partial charge in [0, 0.05) is 29.1 Å². The average molecular weight is 481 g/mol. The molecule has 168 valence electrons. The third-order valence-electron chi connectivity index (χ3n) is 4.91. The molecular weight excluding hydrogens is 449 g/mol. The maximum absolute atomic E-state index is 4.32. The first-order valence-electron chi connectivity index (χ1n) is 9.99. The highest BCUT2D eigenvalue weighted by atomic mass is 35.5. The van der Waals surface area contributed by atoms with Crippen LogP contribution in [0.2, 0.25) is 0 Å².